The summed E-state index contributed by atoms with van der Waals surface area (Å²) in [6.45, 7) is -1.31. The monoisotopic (exact) mass is 450 g/mol. The van der Waals surface area contributed by atoms with E-state index in [1.54, 1.807) is 0 Å². The standard InChI is InChI=1S/C14H14F5NO8S/c15-13(16,17)12(14(18,19)29(24,25)26)28-7(21)3-20-10(22)8-4-1-5-6(2-4)27-11(23)9(5)8/h4-6,8-9,12H,1-3H2,(H,20,22)(H,24,25,26)/p-1. The average Bonchev–Trinajstić information content (AvgIpc) is 3.17. The van der Waals surface area contributed by atoms with Crippen molar-refractivity contribution >= 4 is 28.0 Å². The van der Waals surface area contributed by atoms with Crippen LogP contribution < -0.4 is 5.32 Å². The number of esters is 2. The van der Waals surface area contributed by atoms with E-state index in [0.717, 1.165) is 0 Å². The van der Waals surface area contributed by atoms with Gasteiger partial charge in [0.2, 0.25) is 5.91 Å². The number of hydrogen-bond acceptors (Lipinski definition) is 8. The summed E-state index contributed by atoms with van der Waals surface area (Å²) in [6.07, 6.45) is -9.98. The van der Waals surface area contributed by atoms with Gasteiger partial charge in [0.25, 0.3) is 6.10 Å². The number of halogens is 5. The SMILES string of the molecule is O=C(CNC(=O)C1C2CC3OC(=O)C1C3C2)OC(C(F)(F)F)C(F)(F)S(=O)(=O)[O-]. The topological polar surface area (TPSA) is 139 Å². The van der Waals surface area contributed by atoms with Crippen molar-refractivity contribution < 1.29 is 58.8 Å². The van der Waals surface area contributed by atoms with Crippen LogP contribution in [-0.2, 0) is 34.0 Å². The van der Waals surface area contributed by atoms with Gasteiger partial charge in [0.15, 0.2) is 10.1 Å². The third-order valence-electron chi connectivity index (χ3n) is 5.38. The third kappa shape index (κ3) is 3.65. The maximum Gasteiger partial charge on any atom is 0.432 e. The van der Waals surface area contributed by atoms with E-state index in [1.807, 2.05) is 5.32 Å². The zero-order valence-corrected chi connectivity index (χ0v) is 15.0. The van der Waals surface area contributed by atoms with Crippen molar-refractivity contribution in [1.82, 2.24) is 5.32 Å². The quantitative estimate of drug-likeness (QED) is 0.337. The maximum absolute atomic E-state index is 13.3. The molecule has 2 saturated carbocycles. The Kier molecular flexibility index (Phi) is 5.05. The lowest BCUT2D eigenvalue weighted by Crippen LogP contribution is -2.53. The minimum atomic E-state index is -6.81. The Morgan fingerprint density at radius 1 is 1.24 bits per heavy atom. The van der Waals surface area contributed by atoms with Gasteiger partial charge in [-0.25, -0.2) is 8.42 Å². The van der Waals surface area contributed by atoms with Crippen molar-refractivity contribution in [3.05, 3.63) is 0 Å². The first-order valence-corrected chi connectivity index (χ1v) is 9.63. The molecule has 0 radical (unpaired) electrons. The third-order valence-corrected chi connectivity index (χ3v) is 6.26. The molecule has 0 aromatic rings. The van der Waals surface area contributed by atoms with Crippen molar-refractivity contribution in [3.63, 3.8) is 0 Å². The Balaban J connectivity index is 1.63. The number of rotatable bonds is 6. The molecule has 1 saturated heterocycles. The number of hydrogen-bond donors (Lipinski definition) is 1. The molecule has 6 atom stereocenters. The van der Waals surface area contributed by atoms with Gasteiger partial charge < -0.3 is 19.3 Å². The summed E-state index contributed by atoms with van der Waals surface area (Å²) >= 11 is 0. The van der Waals surface area contributed by atoms with Crippen molar-refractivity contribution in [2.24, 2.45) is 23.7 Å². The molecule has 2 bridgehead atoms. The first kappa shape index (κ1) is 21.7. The van der Waals surface area contributed by atoms with Crippen molar-refractivity contribution in [2.45, 2.75) is 36.5 Å². The minimum Gasteiger partial charge on any atom is -0.743 e. The second kappa shape index (κ2) is 6.75. The Labute approximate surface area is 159 Å². The number of carbonyl (C=O) groups excluding carboxylic acids is 3. The van der Waals surface area contributed by atoms with Crippen LogP contribution in [0.5, 0.6) is 0 Å². The van der Waals surface area contributed by atoms with E-state index in [4.69, 9.17) is 4.74 Å². The maximum atomic E-state index is 13.3. The highest BCUT2D eigenvalue weighted by molar-refractivity contribution is 7.86. The lowest BCUT2D eigenvalue weighted by atomic mass is 9.79. The van der Waals surface area contributed by atoms with E-state index in [9.17, 15) is 49.3 Å². The molecule has 15 heteroatoms. The van der Waals surface area contributed by atoms with Crippen LogP contribution in [-0.4, -0.2) is 61.0 Å². The molecule has 9 nitrogen and oxygen atoms in total. The number of ether oxygens (including phenoxy) is 2. The molecule has 3 rings (SSSR count). The van der Waals surface area contributed by atoms with Crippen LogP contribution in [0.2, 0.25) is 0 Å². The summed E-state index contributed by atoms with van der Waals surface area (Å²) in [6, 6.07) is 0. The van der Waals surface area contributed by atoms with Gasteiger partial charge in [-0.05, 0) is 18.8 Å². The second-order valence-electron chi connectivity index (χ2n) is 7.07. The van der Waals surface area contributed by atoms with E-state index in [-0.39, 0.29) is 17.9 Å². The lowest BCUT2D eigenvalue weighted by molar-refractivity contribution is -0.258. The molecule has 2 aliphatic carbocycles. The summed E-state index contributed by atoms with van der Waals surface area (Å²) in [5, 5.41) is -4.08. The van der Waals surface area contributed by atoms with Gasteiger partial charge in [0, 0.05) is 5.92 Å². The van der Waals surface area contributed by atoms with Crippen LogP contribution in [0.3, 0.4) is 0 Å². The highest BCUT2D eigenvalue weighted by Gasteiger charge is 2.64. The molecular weight excluding hydrogens is 437 g/mol. The highest BCUT2D eigenvalue weighted by atomic mass is 32.2. The van der Waals surface area contributed by atoms with Gasteiger partial charge in [-0.1, -0.05) is 0 Å². The largest absolute Gasteiger partial charge is 0.743 e. The van der Waals surface area contributed by atoms with E-state index in [1.165, 1.54) is 0 Å². The Morgan fingerprint density at radius 3 is 2.41 bits per heavy atom. The molecule has 1 N–H and O–H groups in total. The average molecular weight is 450 g/mol. The molecule has 6 unspecified atom stereocenters. The van der Waals surface area contributed by atoms with Crippen LogP contribution in [0.1, 0.15) is 12.8 Å². The number of nitrogens with one attached hydrogen (secondary N) is 1. The smallest absolute Gasteiger partial charge is 0.432 e. The zero-order valence-electron chi connectivity index (χ0n) is 14.1. The van der Waals surface area contributed by atoms with Gasteiger partial charge in [-0.3, -0.25) is 14.4 Å². The van der Waals surface area contributed by atoms with Crippen LogP contribution in [0.15, 0.2) is 0 Å². The zero-order chi connectivity index (χ0) is 21.9. The fourth-order valence-corrected chi connectivity index (χ4v) is 4.71. The van der Waals surface area contributed by atoms with Gasteiger partial charge in [-0.2, -0.15) is 22.0 Å². The van der Waals surface area contributed by atoms with Crippen LogP contribution in [0.4, 0.5) is 22.0 Å². The fraction of sp³-hybridized carbons (Fsp3) is 0.786. The fourth-order valence-electron chi connectivity index (χ4n) is 4.27. The molecule has 0 aromatic heterocycles. The predicted octanol–water partition coefficient (Wildman–Crippen LogP) is -0.0877. The molecule has 164 valence electrons. The molecule has 0 spiro atoms. The summed E-state index contributed by atoms with van der Waals surface area (Å²) in [4.78, 5) is 35.6. The second-order valence-corrected chi connectivity index (χ2v) is 8.52. The molecule has 1 heterocycles. The summed E-state index contributed by atoms with van der Waals surface area (Å²) in [5.41, 5.74) is 0. The van der Waals surface area contributed by atoms with E-state index < -0.39 is 63.9 Å². The highest BCUT2D eigenvalue weighted by Crippen LogP contribution is 2.57. The van der Waals surface area contributed by atoms with Crippen LogP contribution in [0.25, 0.3) is 0 Å². The molecule has 0 aromatic carbocycles. The Hall–Kier alpha value is -2.03. The number of fused-ring (bicyclic) bond motifs is 1. The number of amides is 1. The van der Waals surface area contributed by atoms with E-state index in [0.29, 0.717) is 12.8 Å². The normalized spacial score (nSPS) is 32.1. The van der Waals surface area contributed by atoms with E-state index in [2.05, 4.69) is 4.74 Å². The molecule has 3 fully saturated rings. The molecule has 29 heavy (non-hydrogen) atoms. The van der Waals surface area contributed by atoms with Crippen LogP contribution in [0, 0.1) is 23.7 Å². The summed E-state index contributed by atoms with van der Waals surface area (Å²) in [7, 11) is -6.81. The van der Waals surface area contributed by atoms with E-state index >= 15 is 0 Å². The number of alkyl halides is 5. The predicted molar refractivity (Wildman–Crippen MR) is 76.7 cm³/mol. The van der Waals surface area contributed by atoms with Crippen molar-refractivity contribution in [3.8, 4) is 0 Å². The Morgan fingerprint density at radius 2 is 1.86 bits per heavy atom. The van der Waals surface area contributed by atoms with Crippen molar-refractivity contribution in [1.29, 1.82) is 0 Å². The first-order chi connectivity index (χ1) is 13.1. The lowest BCUT2D eigenvalue weighted by Gasteiger charge is -2.29. The summed E-state index contributed by atoms with van der Waals surface area (Å²) in [5.74, 6) is -5.57. The summed E-state index contributed by atoms with van der Waals surface area (Å²) < 4.78 is 105. The van der Waals surface area contributed by atoms with Crippen LogP contribution >= 0.6 is 0 Å². The molecule has 1 amide bonds. The van der Waals surface area contributed by atoms with Gasteiger partial charge in [0.1, 0.15) is 12.6 Å². The first-order valence-electron chi connectivity index (χ1n) is 8.22. The Bertz CT molecular complexity index is 841. The van der Waals surface area contributed by atoms with Gasteiger partial charge in [-0.15, -0.1) is 0 Å². The van der Waals surface area contributed by atoms with Gasteiger partial charge >= 0.3 is 23.4 Å². The molecule has 3 aliphatic rings. The minimum absolute atomic E-state index is 0.175. The van der Waals surface area contributed by atoms with Gasteiger partial charge in [0.05, 0.1) is 11.8 Å². The number of carbonyl (C=O) groups is 3. The molecular formula is C14H13F5NO8S-. The van der Waals surface area contributed by atoms with Crippen molar-refractivity contribution in [2.75, 3.05) is 6.54 Å². The molecule has 1 aliphatic heterocycles.